The summed E-state index contributed by atoms with van der Waals surface area (Å²) in [5.41, 5.74) is 0.329. The van der Waals surface area contributed by atoms with Gasteiger partial charge >= 0.3 is 0 Å². The van der Waals surface area contributed by atoms with Crippen molar-refractivity contribution in [3.05, 3.63) is 36.3 Å². The van der Waals surface area contributed by atoms with E-state index in [9.17, 15) is 4.79 Å². The number of fused-ring (bicyclic) bond motifs is 1. The molecule has 158 valence electrons. The summed E-state index contributed by atoms with van der Waals surface area (Å²) in [5.74, 6) is 0.874. The zero-order valence-electron chi connectivity index (χ0n) is 17.7. The van der Waals surface area contributed by atoms with Crippen LogP contribution < -0.4 is 0 Å². The lowest BCUT2D eigenvalue weighted by atomic mass is 9.86. The number of aryl methyl sites for hydroxylation is 1. The van der Waals surface area contributed by atoms with Crippen molar-refractivity contribution in [2.24, 2.45) is 13.0 Å². The minimum atomic E-state index is -1.77. The van der Waals surface area contributed by atoms with Gasteiger partial charge in [0.2, 0.25) is 0 Å². The van der Waals surface area contributed by atoms with E-state index < -0.39 is 11.5 Å². The SMILES string of the molecule is CC(C)CN1CCC(F)(C(=O)Cc2cc3cc(-c4nncn4C)ccc3nn2)CC1. The normalized spacial score (nSPS) is 17.0. The van der Waals surface area contributed by atoms with Crippen molar-refractivity contribution >= 4 is 16.7 Å². The zero-order valence-corrected chi connectivity index (χ0v) is 17.7. The first-order valence-electron chi connectivity index (χ1n) is 10.4. The number of carbonyl (C=O) groups is 1. The van der Waals surface area contributed by atoms with Gasteiger partial charge in [-0.05, 0) is 30.2 Å². The van der Waals surface area contributed by atoms with E-state index in [-0.39, 0.29) is 19.3 Å². The smallest absolute Gasteiger partial charge is 0.176 e. The average Bonchev–Trinajstić information content (AvgIpc) is 3.15. The summed E-state index contributed by atoms with van der Waals surface area (Å²) in [6, 6.07) is 7.53. The second-order valence-corrected chi connectivity index (χ2v) is 8.63. The van der Waals surface area contributed by atoms with E-state index in [0.717, 1.165) is 23.3 Å². The Morgan fingerprint density at radius 1 is 1.17 bits per heavy atom. The van der Waals surface area contributed by atoms with Crippen LogP contribution in [0, 0.1) is 5.92 Å². The van der Waals surface area contributed by atoms with Crippen LogP contribution in [-0.4, -0.2) is 60.9 Å². The fourth-order valence-electron chi connectivity index (χ4n) is 4.07. The summed E-state index contributed by atoms with van der Waals surface area (Å²) in [4.78, 5) is 15.0. The molecular formula is C22H27FN6O. The van der Waals surface area contributed by atoms with Crippen LogP contribution in [0.4, 0.5) is 4.39 Å². The molecule has 0 aliphatic carbocycles. The van der Waals surface area contributed by atoms with Crippen LogP contribution in [0.3, 0.4) is 0 Å². The monoisotopic (exact) mass is 410 g/mol. The molecule has 0 saturated carbocycles. The molecular weight excluding hydrogens is 383 g/mol. The fourth-order valence-corrected chi connectivity index (χ4v) is 4.07. The highest BCUT2D eigenvalue weighted by Crippen LogP contribution is 2.29. The molecule has 1 fully saturated rings. The molecule has 0 amide bonds. The maximum atomic E-state index is 15.3. The predicted octanol–water partition coefficient (Wildman–Crippen LogP) is 3.00. The van der Waals surface area contributed by atoms with Crippen LogP contribution in [0.1, 0.15) is 32.4 Å². The minimum Gasteiger partial charge on any atom is -0.317 e. The third-order valence-electron chi connectivity index (χ3n) is 5.72. The van der Waals surface area contributed by atoms with Gasteiger partial charge in [-0.25, -0.2) is 4.39 Å². The molecule has 1 saturated heterocycles. The number of piperidine rings is 1. The Bertz CT molecular complexity index is 1050. The number of likely N-dealkylation sites (tertiary alicyclic amines) is 1. The van der Waals surface area contributed by atoms with Gasteiger partial charge in [0.1, 0.15) is 6.33 Å². The molecule has 4 rings (SSSR count). The van der Waals surface area contributed by atoms with Gasteiger partial charge in [-0.15, -0.1) is 10.2 Å². The van der Waals surface area contributed by atoms with E-state index in [2.05, 4.69) is 39.1 Å². The maximum Gasteiger partial charge on any atom is 0.176 e. The van der Waals surface area contributed by atoms with Gasteiger partial charge in [0.25, 0.3) is 0 Å². The van der Waals surface area contributed by atoms with Crippen LogP contribution in [0.2, 0.25) is 0 Å². The Labute approximate surface area is 175 Å². The Morgan fingerprint density at radius 3 is 2.60 bits per heavy atom. The van der Waals surface area contributed by atoms with E-state index in [4.69, 9.17) is 0 Å². The Kier molecular flexibility index (Phi) is 5.60. The molecule has 0 atom stereocenters. The summed E-state index contributed by atoms with van der Waals surface area (Å²) in [5, 5.41) is 17.3. The van der Waals surface area contributed by atoms with Crippen molar-refractivity contribution in [3.8, 4) is 11.4 Å². The molecule has 0 unspecified atom stereocenters. The van der Waals surface area contributed by atoms with Gasteiger partial charge in [-0.2, -0.15) is 10.2 Å². The maximum absolute atomic E-state index is 15.3. The van der Waals surface area contributed by atoms with E-state index in [0.29, 0.717) is 30.2 Å². The molecule has 30 heavy (non-hydrogen) atoms. The van der Waals surface area contributed by atoms with Crippen LogP contribution >= 0.6 is 0 Å². The van der Waals surface area contributed by atoms with Crippen molar-refractivity contribution in [1.29, 1.82) is 0 Å². The van der Waals surface area contributed by atoms with Crippen LogP contribution in [0.25, 0.3) is 22.3 Å². The number of halogens is 1. The topological polar surface area (TPSA) is 76.8 Å². The quantitative estimate of drug-likeness (QED) is 0.622. The summed E-state index contributed by atoms with van der Waals surface area (Å²) in [6.07, 6.45) is 2.09. The molecule has 8 heteroatoms. The van der Waals surface area contributed by atoms with Crippen molar-refractivity contribution in [3.63, 3.8) is 0 Å². The molecule has 3 aromatic rings. The lowest BCUT2D eigenvalue weighted by molar-refractivity contribution is -0.133. The molecule has 0 radical (unpaired) electrons. The first kappa shape index (κ1) is 20.5. The van der Waals surface area contributed by atoms with Crippen LogP contribution in [0.15, 0.2) is 30.6 Å². The lowest BCUT2D eigenvalue weighted by Crippen LogP contribution is -2.47. The van der Waals surface area contributed by atoms with E-state index in [1.165, 1.54) is 0 Å². The first-order valence-corrected chi connectivity index (χ1v) is 10.4. The van der Waals surface area contributed by atoms with Crippen molar-refractivity contribution in [2.75, 3.05) is 19.6 Å². The van der Waals surface area contributed by atoms with Gasteiger partial charge in [0.15, 0.2) is 17.3 Å². The second-order valence-electron chi connectivity index (χ2n) is 8.63. The molecule has 2 aromatic heterocycles. The average molecular weight is 410 g/mol. The largest absolute Gasteiger partial charge is 0.317 e. The van der Waals surface area contributed by atoms with Crippen molar-refractivity contribution in [1.82, 2.24) is 29.9 Å². The second kappa shape index (κ2) is 8.18. The molecule has 0 bridgehead atoms. The number of aromatic nitrogens is 5. The summed E-state index contributed by atoms with van der Waals surface area (Å²) >= 11 is 0. The molecule has 1 aromatic carbocycles. The summed E-state index contributed by atoms with van der Waals surface area (Å²) < 4.78 is 17.2. The van der Waals surface area contributed by atoms with Crippen LogP contribution in [-0.2, 0) is 18.3 Å². The zero-order chi connectivity index (χ0) is 21.3. The molecule has 1 aliphatic heterocycles. The van der Waals surface area contributed by atoms with E-state index in [1.54, 1.807) is 6.33 Å². The fraction of sp³-hybridized carbons (Fsp3) is 0.500. The highest BCUT2D eigenvalue weighted by Gasteiger charge is 2.41. The Hall–Kier alpha value is -2.74. The molecule has 3 heterocycles. The Morgan fingerprint density at radius 2 is 1.93 bits per heavy atom. The minimum absolute atomic E-state index is 0.0438. The Balaban J connectivity index is 1.49. The van der Waals surface area contributed by atoms with Crippen LogP contribution in [0.5, 0.6) is 0 Å². The lowest BCUT2D eigenvalue weighted by Gasteiger charge is -2.36. The highest BCUT2D eigenvalue weighted by atomic mass is 19.1. The highest BCUT2D eigenvalue weighted by molar-refractivity contribution is 5.90. The number of carbonyl (C=O) groups excluding carboxylic acids is 1. The number of Topliss-reactive ketones (excluding diaryl/α,β-unsaturated/α-hetero) is 1. The first-order chi connectivity index (χ1) is 14.3. The molecule has 1 aliphatic rings. The number of alkyl halides is 1. The van der Waals surface area contributed by atoms with E-state index in [1.807, 2.05) is 35.9 Å². The van der Waals surface area contributed by atoms with Gasteiger partial charge < -0.3 is 9.47 Å². The molecule has 7 nitrogen and oxygen atoms in total. The van der Waals surface area contributed by atoms with Crippen molar-refractivity contribution < 1.29 is 9.18 Å². The third kappa shape index (κ3) is 4.23. The van der Waals surface area contributed by atoms with Gasteiger partial charge in [-0.3, -0.25) is 4.79 Å². The van der Waals surface area contributed by atoms with Crippen molar-refractivity contribution in [2.45, 2.75) is 38.8 Å². The summed E-state index contributed by atoms with van der Waals surface area (Å²) in [6.45, 7) is 6.47. The number of rotatable bonds is 6. The summed E-state index contributed by atoms with van der Waals surface area (Å²) in [7, 11) is 1.88. The number of hydrogen-bond acceptors (Lipinski definition) is 6. The molecule has 0 spiro atoms. The van der Waals surface area contributed by atoms with Gasteiger partial charge in [-0.1, -0.05) is 13.8 Å². The van der Waals surface area contributed by atoms with E-state index >= 15 is 4.39 Å². The van der Waals surface area contributed by atoms with Gasteiger partial charge in [0.05, 0.1) is 17.6 Å². The number of hydrogen-bond donors (Lipinski definition) is 0. The number of benzene rings is 1. The number of ketones is 1. The number of nitrogens with zero attached hydrogens (tertiary/aromatic N) is 6. The van der Waals surface area contributed by atoms with Gasteiger partial charge in [0, 0.05) is 50.5 Å². The molecule has 0 N–H and O–H groups in total. The third-order valence-corrected chi connectivity index (χ3v) is 5.72. The standard InChI is InChI=1S/C22H27FN6O/c1-15(2)13-29-8-6-22(23,7-9-29)20(30)12-18-11-17-10-16(4-5-19(17)26-25-18)21-27-24-14-28(21)3/h4-5,10-11,14-15H,6-9,12-13H2,1-3H3. The predicted molar refractivity (Wildman–Crippen MR) is 113 cm³/mol.